The van der Waals surface area contributed by atoms with Crippen LogP contribution in [0.1, 0.15) is 26.2 Å². The highest BCUT2D eigenvalue weighted by atomic mass is 31.2. The minimum Gasteiger partial charge on any atom is -0.396 e. The van der Waals surface area contributed by atoms with Crippen molar-refractivity contribution in [2.24, 2.45) is 0 Å². The first kappa shape index (κ1) is 18.9. The van der Waals surface area contributed by atoms with Gasteiger partial charge >= 0.3 is 7.82 Å². The lowest BCUT2D eigenvalue weighted by atomic mass is 9.97. The van der Waals surface area contributed by atoms with Crippen LogP contribution in [0.5, 0.6) is 0 Å². The molecule has 0 aromatic carbocycles. The molecular formula is C10H23O8P. The van der Waals surface area contributed by atoms with E-state index in [4.69, 9.17) is 29.8 Å². The molecule has 0 heterocycles. The largest absolute Gasteiger partial charge is 0.469 e. The Morgan fingerprint density at radius 2 is 1.74 bits per heavy atom. The Morgan fingerprint density at radius 3 is 2.11 bits per heavy atom. The van der Waals surface area contributed by atoms with Crippen LogP contribution in [0.4, 0.5) is 0 Å². The summed E-state index contributed by atoms with van der Waals surface area (Å²) in [7, 11) is -4.65. The Kier molecular flexibility index (Phi) is 8.97. The van der Waals surface area contributed by atoms with Gasteiger partial charge in [0.25, 0.3) is 0 Å². The van der Waals surface area contributed by atoms with E-state index in [1.165, 1.54) is 0 Å². The molecule has 0 rings (SSSR count). The highest BCUT2D eigenvalue weighted by Crippen LogP contribution is 2.38. The average Bonchev–Trinajstić information content (AvgIpc) is 2.26. The number of hydrogen-bond donors (Lipinski definition) is 5. The molecule has 1 atom stereocenters. The standard InChI is InChI=1S/C10H23O8P/c1-9(13)2-7-17-10(3-5-11,4-6-12)8-18-19(14,15)16/h9,11-13H,2-8H2,1H3,(H2,14,15,16). The van der Waals surface area contributed by atoms with Gasteiger partial charge in [-0.1, -0.05) is 0 Å². The number of phosphoric ester groups is 1. The van der Waals surface area contributed by atoms with E-state index in [2.05, 4.69) is 4.52 Å². The van der Waals surface area contributed by atoms with Gasteiger partial charge in [-0.15, -0.1) is 0 Å². The number of rotatable bonds is 11. The molecule has 0 aromatic rings. The first-order valence-electron chi connectivity index (χ1n) is 5.98. The molecule has 0 saturated carbocycles. The molecule has 5 N–H and O–H groups in total. The van der Waals surface area contributed by atoms with Crippen molar-refractivity contribution in [1.29, 1.82) is 0 Å². The van der Waals surface area contributed by atoms with Crippen LogP contribution >= 0.6 is 7.82 Å². The zero-order valence-corrected chi connectivity index (χ0v) is 11.8. The maximum atomic E-state index is 10.7. The van der Waals surface area contributed by atoms with E-state index in [9.17, 15) is 4.57 Å². The van der Waals surface area contributed by atoms with Gasteiger partial charge in [-0.2, -0.15) is 0 Å². The number of ether oxygens (including phenoxy) is 1. The Morgan fingerprint density at radius 1 is 1.21 bits per heavy atom. The van der Waals surface area contributed by atoms with E-state index in [1.54, 1.807) is 6.92 Å². The average molecular weight is 302 g/mol. The summed E-state index contributed by atoms with van der Waals surface area (Å²) in [5.41, 5.74) is -1.18. The Bertz CT molecular complexity index is 271. The molecule has 0 saturated heterocycles. The van der Waals surface area contributed by atoms with Gasteiger partial charge in [-0.25, -0.2) is 4.57 Å². The molecule has 8 nitrogen and oxygen atoms in total. The van der Waals surface area contributed by atoms with Gasteiger partial charge in [0, 0.05) is 32.7 Å². The minimum atomic E-state index is -4.65. The van der Waals surface area contributed by atoms with E-state index in [1.807, 2.05) is 0 Å². The van der Waals surface area contributed by atoms with Crippen LogP contribution in [0.2, 0.25) is 0 Å². The summed E-state index contributed by atoms with van der Waals surface area (Å²) < 4.78 is 20.6. The molecule has 0 amide bonds. The molecule has 9 heteroatoms. The van der Waals surface area contributed by atoms with Gasteiger partial charge in [0.1, 0.15) is 0 Å². The zero-order chi connectivity index (χ0) is 14.9. The molecule has 0 spiro atoms. The van der Waals surface area contributed by atoms with Crippen LogP contribution < -0.4 is 0 Å². The molecule has 0 bridgehead atoms. The minimum absolute atomic E-state index is 0.0629. The molecule has 1 unspecified atom stereocenters. The van der Waals surface area contributed by atoms with Crippen molar-refractivity contribution in [3.63, 3.8) is 0 Å². The van der Waals surface area contributed by atoms with Crippen molar-refractivity contribution >= 4 is 7.82 Å². The number of phosphoric acid groups is 1. The molecule has 0 radical (unpaired) electrons. The third-order valence-electron chi connectivity index (χ3n) is 2.57. The van der Waals surface area contributed by atoms with Crippen molar-refractivity contribution in [2.75, 3.05) is 26.4 Å². The van der Waals surface area contributed by atoms with Crippen LogP contribution in [0.25, 0.3) is 0 Å². The predicted molar refractivity (Wildman–Crippen MR) is 66.4 cm³/mol. The van der Waals surface area contributed by atoms with Gasteiger partial charge in [-0.05, 0) is 13.3 Å². The lowest BCUT2D eigenvalue weighted by Crippen LogP contribution is -2.40. The summed E-state index contributed by atoms with van der Waals surface area (Å²) in [6, 6.07) is 0. The van der Waals surface area contributed by atoms with Gasteiger partial charge in [-0.3, -0.25) is 4.52 Å². The first-order chi connectivity index (χ1) is 8.74. The summed E-state index contributed by atoms with van der Waals surface area (Å²) >= 11 is 0. The Labute approximate surface area is 112 Å². The fraction of sp³-hybridized carbons (Fsp3) is 1.00. The quantitative estimate of drug-likeness (QED) is 0.319. The maximum Gasteiger partial charge on any atom is 0.469 e. The third-order valence-corrected chi connectivity index (χ3v) is 3.04. The molecule has 0 aliphatic carbocycles. The van der Waals surface area contributed by atoms with Crippen molar-refractivity contribution in [2.45, 2.75) is 37.9 Å². The zero-order valence-electron chi connectivity index (χ0n) is 10.9. The molecular weight excluding hydrogens is 279 g/mol. The van der Waals surface area contributed by atoms with Crippen molar-refractivity contribution in [3.05, 3.63) is 0 Å². The van der Waals surface area contributed by atoms with Crippen LogP contribution in [-0.4, -0.2) is 63.2 Å². The summed E-state index contributed by atoms with van der Waals surface area (Å²) in [6.45, 7) is 0.702. The van der Waals surface area contributed by atoms with E-state index >= 15 is 0 Å². The fourth-order valence-corrected chi connectivity index (χ4v) is 1.91. The van der Waals surface area contributed by atoms with Crippen LogP contribution in [0.3, 0.4) is 0 Å². The van der Waals surface area contributed by atoms with Gasteiger partial charge in [0.2, 0.25) is 0 Å². The molecule has 0 aromatic heterocycles. The van der Waals surface area contributed by atoms with E-state index in [0.717, 1.165) is 0 Å². The second-order valence-corrected chi connectivity index (χ2v) is 5.62. The molecule has 0 fully saturated rings. The van der Waals surface area contributed by atoms with Gasteiger partial charge < -0.3 is 29.8 Å². The maximum absolute atomic E-state index is 10.7. The number of aliphatic hydroxyl groups is 3. The van der Waals surface area contributed by atoms with Gasteiger partial charge in [0.05, 0.1) is 18.3 Å². The topological polar surface area (TPSA) is 137 Å². The normalized spacial score (nSPS) is 14.6. The van der Waals surface area contributed by atoms with Crippen molar-refractivity contribution < 1.29 is 38.9 Å². The third kappa shape index (κ3) is 9.48. The Balaban J connectivity index is 4.60. The smallest absolute Gasteiger partial charge is 0.396 e. The number of aliphatic hydroxyl groups excluding tert-OH is 3. The predicted octanol–water partition coefficient (Wildman–Crippen LogP) is -0.613. The van der Waals surface area contributed by atoms with E-state index in [0.29, 0.717) is 6.42 Å². The molecule has 19 heavy (non-hydrogen) atoms. The highest BCUT2D eigenvalue weighted by Gasteiger charge is 2.33. The SMILES string of the molecule is CC(O)CCOC(CCO)(CCO)COP(=O)(O)O. The van der Waals surface area contributed by atoms with Crippen molar-refractivity contribution in [3.8, 4) is 0 Å². The van der Waals surface area contributed by atoms with E-state index < -0.39 is 26.1 Å². The second-order valence-electron chi connectivity index (χ2n) is 4.38. The van der Waals surface area contributed by atoms with Crippen molar-refractivity contribution in [1.82, 2.24) is 0 Å². The summed E-state index contributed by atoms with van der Waals surface area (Å²) in [5, 5.41) is 27.1. The summed E-state index contributed by atoms with van der Waals surface area (Å²) in [4.78, 5) is 17.4. The van der Waals surface area contributed by atoms with Crippen LogP contribution in [0.15, 0.2) is 0 Å². The lowest BCUT2D eigenvalue weighted by molar-refractivity contribution is -0.106. The lowest BCUT2D eigenvalue weighted by Gasteiger charge is -2.33. The highest BCUT2D eigenvalue weighted by molar-refractivity contribution is 7.46. The van der Waals surface area contributed by atoms with Crippen LogP contribution in [0, 0.1) is 0 Å². The molecule has 0 aliphatic rings. The molecule has 0 aliphatic heterocycles. The molecule has 116 valence electrons. The monoisotopic (exact) mass is 302 g/mol. The fourth-order valence-electron chi connectivity index (χ4n) is 1.51. The van der Waals surface area contributed by atoms with E-state index in [-0.39, 0.29) is 32.7 Å². The number of hydrogen-bond acceptors (Lipinski definition) is 6. The van der Waals surface area contributed by atoms with Gasteiger partial charge in [0.15, 0.2) is 0 Å². The first-order valence-corrected chi connectivity index (χ1v) is 7.51. The second kappa shape index (κ2) is 8.99. The summed E-state index contributed by atoms with van der Waals surface area (Å²) in [5.74, 6) is 0. The summed E-state index contributed by atoms with van der Waals surface area (Å²) in [6.07, 6.45) is -0.126. The van der Waals surface area contributed by atoms with Crippen LogP contribution in [-0.2, 0) is 13.8 Å². The Hall–Kier alpha value is -0.0500.